The average molecular weight is 412 g/mol. The molecule has 1 aliphatic heterocycles. The number of amides is 2. The van der Waals surface area contributed by atoms with Crippen LogP contribution in [-0.2, 0) is 9.47 Å². The van der Waals surface area contributed by atoms with Crippen LogP contribution in [0.3, 0.4) is 0 Å². The van der Waals surface area contributed by atoms with Crippen LogP contribution in [0.5, 0.6) is 0 Å². The summed E-state index contributed by atoms with van der Waals surface area (Å²) in [5, 5.41) is 3.73. The van der Waals surface area contributed by atoms with E-state index < -0.39 is 5.60 Å². The third-order valence-corrected chi connectivity index (χ3v) is 4.60. The Balaban J connectivity index is 1.86. The number of carbonyl (C=O) groups excluding carboxylic acids is 2. The molecule has 1 N–H and O–H groups in total. The molecular formula is C20H30ClN3O4. The summed E-state index contributed by atoms with van der Waals surface area (Å²) in [5.41, 5.74) is 0.788. The highest BCUT2D eigenvalue weighted by Crippen LogP contribution is 2.25. The molecule has 156 valence electrons. The van der Waals surface area contributed by atoms with Gasteiger partial charge in [0.15, 0.2) is 0 Å². The van der Waals surface area contributed by atoms with E-state index in [0.29, 0.717) is 36.8 Å². The van der Waals surface area contributed by atoms with Gasteiger partial charge < -0.3 is 24.6 Å². The number of nitrogens with one attached hydrogen (secondary N) is 1. The van der Waals surface area contributed by atoms with Crippen LogP contribution in [0.1, 0.15) is 37.6 Å². The third-order valence-electron chi connectivity index (χ3n) is 4.29. The van der Waals surface area contributed by atoms with Gasteiger partial charge in [-0.2, -0.15) is 0 Å². The first-order valence-electron chi connectivity index (χ1n) is 9.39. The van der Waals surface area contributed by atoms with E-state index in [4.69, 9.17) is 21.1 Å². The monoisotopic (exact) mass is 411 g/mol. The lowest BCUT2D eigenvalue weighted by molar-refractivity contribution is 0.0105. The molecule has 0 aromatic heterocycles. The topological polar surface area (TPSA) is 71.1 Å². The molecule has 1 aromatic carbocycles. The number of anilines is 1. The summed E-state index contributed by atoms with van der Waals surface area (Å²) in [7, 11) is 3.39. The van der Waals surface area contributed by atoms with Crippen molar-refractivity contribution >= 4 is 29.3 Å². The van der Waals surface area contributed by atoms with Crippen LogP contribution in [-0.4, -0.2) is 73.8 Å². The molecule has 1 aliphatic rings. The van der Waals surface area contributed by atoms with Crippen LogP contribution in [0.25, 0.3) is 0 Å². The molecule has 1 saturated heterocycles. The highest BCUT2D eigenvalue weighted by atomic mass is 35.5. The van der Waals surface area contributed by atoms with Crippen LogP contribution in [0, 0.1) is 0 Å². The minimum absolute atomic E-state index is 0.118. The second-order valence-corrected chi connectivity index (χ2v) is 8.40. The van der Waals surface area contributed by atoms with E-state index in [1.54, 1.807) is 36.1 Å². The van der Waals surface area contributed by atoms with Gasteiger partial charge in [-0.25, -0.2) is 4.79 Å². The van der Waals surface area contributed by atoms with Gasteiger partial charge in [0, 0.05) is 46.1 Å². The second kappa shape index (κ2) is 9.47. The Kier molecular flexibility index (Phi) is 7.55. The molecule has 0 aliphatic carbocycles. The number of likely N-dealkylation sites (tertiary alicyclic amines) is 1. The fourth-order valence-electron chi connectivity index (χ4n) is 2.81. The van der Waals surface area contributed by atoms with Gasteiger partial charge in [0.2, 0.25) is 0 Å². The van der Waals surface area contributed by atoms with Crippen LogP contribution in [0.2, 0.25) is 5.02 Å². The maximum Gasteiger partial charge on any atom is 0.410 e. The first-order valence-corrected chi connectivity index (χ1v) is 9.77. The Morgan fingerprint density at radius 2 is 2.00 bits per heavy atom. The summed E-state index contributed by atoms with van der Waals surface area (Å²) in [6.07, 6.45) is 0.465. The molecular weight excluding hydrogens is 382 g/mol. The Bertz CT molecular complexity index is 699. The molecule has 2 amide bonds. The van der Waals surface area contributed by atoms with Crippen molar-refractivity contribution in [3.8, 4) is 0 Å². The molecule has 0 unspecified atom stereocenters. The average Bonchev–Trinajstić information content (AvgIpc) is 2.55. The van der Waals surface area contributed by atoms with Crippen molar-refractivity contribution in [3.05, 3.63) is 28.8 Å². The summed E-state index contributed by atoms with van der Waals surface area (Å²) in [5.74, 6) is -0.118. The number of hydrogen-bond donors (Lipinski definition) is 1. The van der Waals surface area contributed by atoms with Gasteiger partial charge >= 0.3 is 6.09 Å². The van der Waals surface area contributed by atoms with Crippen molar-refractivity contribution in [2.24, 2.45) is 0 Å². The fraction of sp³-hybridized carbons (Fsp3) is 0.600. The second-order valence-electron chi connectivity index (χ2n) is 7.99. The number of carbonyl (C=O) groups is 2. The Morgan fingerprint density at radius 1 is 1.32 bits per heavy atom. The van der Waals surface area contributed by atoms with Crippen molar-refractivity contribution in [1.29, 1.82) is 0 Å². The molecule has 28 heavy (non-hydrogen) atoms. The maximum absolute atomic E-state index is 12.5. The lowest BCUT2D eigenvalue weighted by atomic mass is 10.1. The predicted octanol–water partition coefficient (Wildman–Crippen LogP) is 3.48. The van der Waals surface area contributed by atoms with E-state index in [2.05, 4.69) is 5.32 Å². The van der Waals surface area contributed by atoms with Crippen molar-refractivity contribution in [2.45, 2.75) is 38.8 Å². The zero-order chi connectivity index (χ0) is 20.9. The molecule has 0 spiro atoms. The highest BCUT2D eigenvalue weighted by molar-refractivity contribution is 6.34. The number of benzene rings is 1. The van der Waals surface area contributed by atoms with E-state index in [0.717, 1.165) is 12.1 Å². The van der Waals surface area contributed by atoms with Crippen molar-refractivity contribution in [2.75, 3.05) is 45.7 Å². The zero-order valence-electron chi connectivity index (χ0n) is 17.3. The molecule has 8 heteroatoms. The van der Waals surface area contributed by atoms with Gasteiger partial charge in [-0.3, -0.25) is 4.79 Å². The van der Waals surface area contributed by atoms with Gasteiger partial charge in [0.25, 0.3) is 5.91 Å². The van der Waals surface area contributed by atoms with E-state index in [1.165, 1.54) is 0 Å². The lowest BCUT2D eigenvalue weighted by Gasteiger charge is -2.40. The Hall–Kier alpha value is -1.99. The van der Waals surface area contributed by atoms with Crippen LogP contribution >= 0.6 is 11.6 Å². The summed E-state index contributed by atoms with van der Waals surface area (Å²) in [4.78, 5) is 27.8. The van der Waals surface area contributed by atoms with E-state index in [9.17, 15) is 9.59 Å². The highest BCUT2D eigenvalue weighted by Gasteiger charge is 2.33. The zero-order valence-corrected chi connectivity index (χ0v) is 18.0. The fourth-order valence-corrected chi connectivity index (χ4v) is 3.07. The quantitative estimate of drug-likeness (QED) is 0.695. The van der Waals surface area contributed by atoms with Gasteiger partial charge in [-0.1, -0.05) is 11.6 Å². The minimum Gasteiger partial charge on any atom is -0.444 e. The molecule has 0 bridgehead atoms. The summed E-state index contributed by atoms with van der Waals surface area (Å²) >= 11 is 6.33. The number of rotatable bonds is 7. The van der Waals surface area contributed by atoms with Crippen molar-refractivity contribution in [1.82, 2.24) is 9.80 Å². The number of halogens is 1. The molecule has 0 saturated carbocycles. The first-order chi connectivity index (χ1) is 13.1. The molecule has 1 aromatic rings. The number of hydrogen-bond acceptors (Lipinski definition) is 5. The first kappa shape index (κ1) is 22.3. The Labute approximate surface area is 171 Å². The number of ether oxygens (including phenoxy) is 2. The normalized spacial score (nSPS) is 14.4. The van der Waals surface area contributed by atoms with Gasteiger partial charge in [-0.15, -0.1) is 0 Å². The number of methoxy groups -OCH3 is 1. The predicted molar refractivity (Wildman–Crippen MR) is 110 cm³/mol. The standard InChI is InChI=1S/C20H30ClN3O4/c1-20(2,3)28-19(26)24-12-15(13-24)22-14-7-8-16(17(21)11-14)18(25)23(4)9-6-10-27-5/h7-8,11,15,22H,6,9-10,12-13H2,1-5H3. The lowest BCUT2D eigenvalue weighted by Crippen LogP contribution is -2.57. The van der Waals surface area contributed by atoms with Gasteiger partial charge in [0.1, 0.15) is 5.60 Å². The van der Waals surface area contributed by atoms with Crippen LogP contribution in [0.4, 0.5) is 10.5 Å². The Morgan fingerprint density at radius 3 is 2.57 bits per heavy atom. The van der Waals surface area contributed by atoms with Crippen molar-refractivity contribution < 1.29 is 19.1 Å². The van der Waals surface area contributed by atoms with Gasteiger partial charge in [-0.05, 0) is 45.4 Å². The molecule has 7 nitrogen and oxygen atoms in total. The minimum atomic E-state index is -0.498. The molecule has 0 atom stereocenters. The van der Waals surface area contributed by atoms with E-state index in [-0.39, 0.29) is 18.0 Å². The third kappa shape index (κ3) is 6.27. The van der Waals surface area contributed by atoms with Crippen LogP contribution in [0.15, 0.2) is 18.2 Å². The van der Waals surface area contributed by atoms with E-state index in [1.807, 2.05) is 26.8 Å². The largest absolute Gasteiger partial charge is 0.444 e. The molecule has 0 radical (unpaired) electrons. The maximum atomic E-state index is 12.5. The summed E-state index contributed by atoms with van der Waals surface area (Å²) in [6.45, 7) is 7.88. The van der Waals surface area contributed by atoms with E-state index >= 15 is 0 Å². The SMILES string of the molecule is COCCCN(C)C(=O)c1ccc(NC2CN(C(=O)OC(C)(C)C)C2)cc1Cl. The van der Waals surface area contributed by atoms with Gasteiger partial charge in [0.05, 0.1) is 16.6 Å². The molecule has 2 rings (SSSR count). The van der Waals surface area contributed by atoms with Crippen LogP contribution < -0.4 is 5.32 Å². The summed E-state index contributed by atoms with van der Waals surface area (Å²) in [6, 6.07) is 5.43. The molecule has 1 heterocycles. The molecule has 1 fully saturated rings. The summed E-state index contributed by atoms with van der Waals surface area (Å²) < 4.78 is 10.4. The van der Waals surface area contributed by atoms with Crippen molar-refractivity contribution in [3.63, 3.8) is 0 Å². The number of nitrogens with zero attached hydrogens (tertiary/aromatic N) is 2. The smallest absolute Gasteiger partial charge is 0.410 e.